The SMILES string of the molecule is COC(=O)C(C)N(C)C(=O)c1cc(C(F)(F)F)cc(C(F)(F)F)c1. The van der Waals surface area contributed by atoms with Crippen LogP contribution in [0, 0.1) is 0 Å². The first-order valence-electron chi connectivity index (χ1n) is 6.43. The number of alkyl halides is 6. The number of hydrogen-bond donors (Lipinski definition) is 0. The van der Waals surface area contributed by atoms with E-state index in [1.807, 2.05) is 0 Å². The molecule has 0 aliphatic heterocycles. The van der Waals surface area contributed by atoms with E-state index in [0.29, 0.717) is 17.0 Å². The molecule has 0 radical (unpaired) electrons. The number of amides is 1. The van der Waals surface area contributed by atoms with Crippen LogP contribution in [0.2, 0.25) is 0 Å². The van der Waals surface area contributed by atoms with Crippen LogP contribution in [0.3, 0.4) is 0 Å². The Bertz CT molecular complexity index is 606. The Morgan fingerprint density at radius 3 is 1.75 bits per heavy atom. The van der Waals surface area contributed by atoms with Crippen LogP contribution in [0.1, 0.15) is 28.4 Å². The second-order valence-electron chi connectivity index (χ2n) is 4.91. The van der Waals surface area contributed by atoms with Crippen LogP contribution >= 0.6 is 0 Å². The first kappa shape index (κ1) is 19.8. The molecule has 0 saturated carbocycles. The molecule has 0 aliphatic carbocycles. The van der Waals surface area contributed by atoms with Gasteiger partial charge in [0.05, 0.1) is 18.2 Å². The van der Waals surface area contributed by atoms with Crippen molar-refractivity contribution < 1.29 is 40.7 Å². The second kappa shape index (κ2) is 6.70. The van der Waals surface area contributed by atoms with Gasteiger partial charge >= 0.3 is 18.3 Å². The van der Waals surface area contributed by atoms with E-state index in [-0.39, 0.29) is 6.07 Å². The van der Waals surface area contributed by atoms with Gasteiger partial charge in [0, 0.05) is 12.6 Å². The van der Waals surface area contributed by atoms with Crippen LogP contribution in [-0.4, -0.2) is 37.0 Å². The van der Waals surface area contributed by atoms with Crippen LogP contribution in [0.15, 0.2) is 18.2 Å². The fraction of sp³-hybridized carbons (Fsp3) is 0.429. The van der Waals surface area contributed by atoms with E-state index in [4.69, 9.17) is 0 Å². The van der Waals surface area contributed by atoms with Crippen molar-refractivity contribution in [3.8, 4) is 0 Å². The van der Waals surface area contributed by atoms with Gasteiger partial charge in [-0.25, -0.2) is 4.79 Å². The minimum atomic E-state index is -5.07. The largest absolute Gasteiger partial charge is 0.467 e. The zero-order valence-electron chi connectivity index (χ0n) is 12.7. The standard InChI is InChI=1S/C14H13F6NO3/c1-7(12(23)24-3)21(2)11(22)8-4-9(13(15,16)17)6-10(5-8)14(18,19)20/h4-7H,1-3H3. The highest BCUT2D eigenvalue weighted by Gasteiger charge is 2.38. The number of benzene rings is 1. The first-order valence-corrected chi connectivity index (χ1v) is 6.43. The summed E-state index contributed by atoms with van der Waals surface area (Å²) in [6.07, 6.45) is -10.1. The molecule has 0 spiro atoms. The van der Waals surface area contributed by atoms with Crippen molar-refractivity contribution in [1.29, 1.82) is 0 Å². The summed E-state index contributed by atoms with van der Waals surface area (Å²) < 4.78 is 81.0. The maximum Gasteiger partial charge on any atom is 0.416 e. The van der Waals surface area contributed by atoms with E-state index in [1.165, 1.54) is 6.92 Å². The molecule has 1 aromatic carbocycles. The van der Waals surface area contributed by atoms with Gasteiger partial charge in [-0.1, -0.05) is 0 Å². The Labute approximate surface area is 133 Å². The molecule has 0 fully saturated rings. The average molecular weight is 357 g/mol. The number of hydrogen-bond acceptors (Lipinski definition) is 3. The number of likely N-dealkylation sites (N-methyl/N-ethyl adjacent to an activating group) is 1. The maximum absolute atomic E-state index is 12.8. The summed E-state index contributed by atoms with van der Waals surface area (Å²) in [6.45, 7) is 1.22. The highest BCUT2D eigenvalue weighted by atomic mass is 19.4. The molecule has 0 N–H and O–H groups in total. The van der Waals surface area contributed by atoms with Crippen LogP contribution in [0.5, 0.6) is 0 Å². The topological polar surface area (TPSA) is 46.6 Å². The maximum atomic E-state index is 12.8. The molecule has 10 heteroatoms. The fourth-order valence-electron chi connectivity index (χ4n) is 1.79. The molecule has 1 aromatic rings. The summed E-state index contributed by atoms with van der Waals surface area (Å²) in [5.41, 5.74) is -4.06. The van der Waals surface area contributed by atoms with E-state index in [0.717, 1.165) is 14.2 Å². The Hall–Kier alpha value is -2.26. The minimum absolute atomic E-state index is 0.0828. The van der Waals surface area contributed by atoms with Crippen LogP contribution < -0.4 is 0 Å². The van der Waals surface area contributed by atoms with Crippen LogP contribution in [-0.2, 0) is 21.9 Å². The first-order chi connectivity index (χ1) is 10.8. The van der Waals surface area contributed by atoms with Gasteiger partial charge in [0.2, 0.25) is 0 Å². The Morgan fingerprint density at radius 2 is 1.42 bits per heavy atom. The Kier molecular flexibility index (Phi) is 5.52. The number of carbonyl (C=O) groups excluding carboxylic acids is 2. The zero-order valence-corrected chi connectivity index (χ0v) is 12.7. The second-order valence-corrected chi connectivity index (χ2v) is 4.91. The molecular weight excluding hydrogens is 344 g/mol. The zero-order chi connectivity index (χ0) is 18.9. The van der Waals surface area contributed by atoms with E-state index >= 15 is 0 Å². The quantitative estimate of drug-likeness (QED) is 0.616. The molecule has 1 atom stereocenters. The van der Waals surface area contributed by atoms with Gasteiger partial charge in [-0.3, -0.25) is 4.79 Å². The van der Waals surface area contributed by atoms with E-state index in [2.05, 4.69) is 4.74 Å². The van der Waals surface area contributed by atoms with Crippen molar-refractivity contribution in [2.24, 2.45) is 0 Å². The van der Waals surface area contributed by atoms with Gasteiger partial charge in [-0.05, 0) is 25.1 Å². The Balaban J connectivity index is 3.37. The third-order valence-electron chi connectivity index (χ3n) is 3.28. The molecule has 0 heterocycles. The molecule has 1 unspecified atom stereocenters. The third kappa shape index (κ3) is 4.39. The fourth-order valence-corrected chi connectivity index (χ4v) is 1.79. The highest BCUT2D eigenvalue weighted by Crippen LogP contribution is 2.36. The van der Waals surface area contributed by atoms with Crippen molar-refractivity contribution in [2.45, 2.75) is 25.3 Å². The number of carbonyl (C=O) groups is 2. The van der Waals surface area contributed by atoms with Gasteiger partial charge < -0.3 is 9.64 Å². The van der Waals surface area contributed by atoms with Gasteiger partial charge in [0.1, 0.15) is 6.04 Å². The molecule has 0 aliphatic rings. The summed E-state index contributed by atoms with van der Waals surface area (Å²) in [6, 6.07) is -0.664. The lowest BCUT2D eigenvalue weighted by Crippen LogP contribution is -2.41. The highest BCUT2D eigenvalue weighted by molar-refractivity contribution is 5.97. The minimum Gasteiger partial charge on any atom is -0.467 e. The molecule has 134 valence electrons. The van der Waals surface area contributed by atoms with E-state index in [9.17, 15) is 35.9 Å². The Morgan fingerprint density at radius 1 is 1.00 bits per heavy atom. The summed E-state index contributed by atoms with van der Waals surface area (Å²) in [5, 5.41) is 0. The van der Waals surface area contributed by atoms with E-state index < -0.39 is 47.0 Å². The van der Waals surface area contributed by atoms with Gasteiger partial charge in [0.25, 0.3) is 5.91 Å². The van der Waals surface area contributed by atoms with Crippen LogP contribution in [0.25, 0.3) is 0 Å². The molecule has 4 nitrogen and oxygen atoms in total. The predicted octanol–water partition coefficient (Wildman–Crippen LogP) is 3.36. The molecule has 0 aromatic heterocycles. The van der Waals surface area contributed by atoms with Crippen molar-refractivity contribution in [2.75, 3.05) is 14.2 Å². The van der Waals surface area contributed by atoms with Crippen molar-refractivity contribution in [1.82, 2.24) is 4.90 Å². The molecule has 1 rings (SSSR count). The number of esters is 1. The third-order valence-corrected chi connectivity index (χ3v) is 3.28. The summed E-state index contributed by atoms with van der Waals surface area (Å²) in [5.74, 6) is -2.04. The summed E-state index contributed by atoms with van der Waals surface area (Å²) in [4.78, 5) is 24.2. The van der Waals surface area contributed by atoms with Crippen molar-refractivity contribution >= 4 is 11.9 Å². The van der Waals surface area contributed by atoms with Gasteiger partial charge in [-0.15, -0.1) is 0 Å². The molecule has 24 heavy (non-hydrogen) atoms. The summed E-state index contributed by atoms with van der Waals surface area (Å²) >= 11 is 0. The van der Waals surface area contributed by atoms with E-state index in [1.54, 1.807) is 0 Å². The number of methoxy groups -OCH3 is 1. The van der Waals surface area contributed by atoms with Gasteiger partial charge in [-0.2, -0.15) is 26.3 Å². The average Bonchev–Trinajstić information content (AvgIpc) is 2.49. The molecule has 0 bridgehead atoms. The summed E-state index contributed by atoms with van der Waals surface area (Å²) in [7, 11) is 2.10. The predicted molar refractivity (Wildman–Crippen MR) is 70.0 cm³/mol. The lowest BCUT2D eigenvalue weighted by Gasteiger charge is -2.23. The smallest absolute Gasteiger partial charge is 0.416 e. The van der Waals surface area contributed by atoms with Crippen LogP contribution in [0.4, 0.5) is 26.3 Å². The van der Waals surface area contributed by atoms with Crippen molar-refractivity contribution in [3.05, 3.63) is 34.9 Å². The molecular formula is C14H13F6NO3. The van der Waals surface area contributed by atoms with Crippen molar-refractivity contribution in [3.63, 3.8) is 0 Å². The number of halogens is 6. The number of ether oxygens (including phenoxy) is 1. The molecule has 1 amide bonds. The number of nitrogens with zero attached hydrogens (tertiary/aromatic N) is 1. The van der Waals surface area contributed by atoms with Gasteiger partial charge in [0.15, 0.2) is 0 Å². The number of rotatable bonds is 3. The molecule has 0 saturated heterocycles. The normalized spacial score (nSPS) is 13.4. The lowest BCUT2D eigenvalue weighted by molar-refractivity contribution is -0.145. The lowest BCUT2D eigenvalue weighted by atomic mass is 10.0. The monoisotopic (exact) mass is 357 g/mol.